The average molecular weight is 177 g/mol. The number of imidazole rings is 1. The fourth-order valence-corrected chi connectivity index (χ4v) is 2.33. The number of aromatic nitrogens is 2. The fourth-order valence-electron chi connectivity index (χ4n) is 2.33. The Bertz CT molecular complexity index is 276. The maximum Gasteiger partial charge on any atom is 0.123 e. The lowest BCUT2D eigenvalue weighted by molar-refractivity contribution is 0.243. The van der Waals surface area contributed by atoms with Crippen molar-refractivity contribution in [1.29, 1.82) is 0 Å². The highest BCUT2D eigenvalue weighted by Crippen LogP contribution is 2.47. The largest absolute Gasteiger partial charge is 0.367 e. The van der Waals surface area contributed by atoms with Gasteiger partial charge in [0.1, 0.15) is 5.82 Å². The van der Waals surface area contributed by atoms with Gasteiger partial charge in [-0.25, -0.2) is 4.98 Å². The summed E-state index contributed by atoms with van der Waals surface area (Å²) in [5.74, 6) is 3.06. The number of anilines is 1. The molecule has 0 saturated heterocycles. The molecule has 2 aliphatic carbocycles. The van der Waals surface area contributed by atoms with E-state index in [4.69, 9.17) is 0 Å². The van der Waals surface area contributed by atoms with E-state index >= 15 is 0 Å². The molecule has 0 spiro atoms. The lowest BCUT2D eigenvalue weighted by Crippen LogP contribution is -2.39. The van der Waals surface area contributed by atoms with Crippen LogP contribution in [0.1, 0.15) is 25.7 Å². The number of hydrogen-bond donors (Lipinski definition) is 2. The molecule has 2 aliphatic rings. The first kappa shape index (κ1) is 7.42. The van der Waals surface area contributed by atoms with Gasteiger partial charge in [-0.15, -0.1) is 0 Å². The van der Waals surface area contributed by atoms with Crippen molar-refractivity contribution in [2.45, 2.75) is 31.7 Å². The Balaban J connectivity index is 1.60. The molecule has 70 valence electrons. The van der Waals surface area contributed by atoms with Crippen molar-refractivity contribution in [2.75, 3.05) is 5.32 Å². The quantitative estimate of drug-likeness (QED) is 0.741. The minimum atomic E-state index is 0.716. The number of rotatable bonds is 3. The maximum absolute atomic E-state index is 4.00. The zero-order chi connectivity index (χ0) is 8.67. The topological polar surface area (TPSA) is 40.7 Å². The summed E-state index contributed by atoms with van der Waals surface area (Å²) in [6.45, 7) is 0. The van der Waals surface area contributed by atoms with Gasteiger partial charge in [0.15, 0.2) is 0 Å². The van der Waals surface area contributed by atoms with Crippen molar-refractivity contribution in [3.8, 4) is 0 Å². The van der Waals surface area contributed by atoms with Crippen molar-refractivity contribution >= 4 is 5.82 Å². The van der Waals surface area contributed by atoms with Gasteiger partial charge >= 0.3 is 0 Å². The summed E-state index contributed by atoms with van der Waals surface area (Å²) in [6, 6.07) is 0.716. The SMILES string of the molecule is c1ncc(NC2CCC2C2CC2)[nH]1. The van der Waals surface area contributed by atoms with E-state index in [2.05, 4.69) is 15.3 Å². The molecule has 0 aliphatic heterocycles. The predicted octanol–water partition coefficient (Wildman–Crippen LogP) is 2.01. The number of nitrogens with one attached hydrogen (secondary N) is 2. The number of H-pyrrole nitrogens is 1. The van der Waals surface area contributed by atoms with Crippen LogP contribution in [0.15, 0.2) is 12.5 Å². The van der Waals surface area contributed by atoms with E-state index in [9.17, 15) is 0 Å². The molecule has 1 heterocycles. The van der Waals surface area contributed by atoms with Crippen molar-refractivity contribution < 1.29 is 0 Å². The number of nitrogens with zero attached hydrogens (tertiary/aromatic N) is 1. The van der Waals surface area contributed by atoms with Crippen LogP contribution in [0.4, 0.5) is 5.82 Å². The molecule has 1 aromatic heterocycles. The van der Waals surface area contributed by atoms with E-state index in [0.29, 0.717) is 6.04 Å². The molecule has 0 radical (unpaired) electrons. The Morgan fingerprint density at radius 1 is 1.31 bits per heavy atom. The summed E-state index contributed by atoms with van der Waals surface area (Å²) >= 11 is 0. The lowest BCUT2D eigenvalue weighted by Gasteiger charge is -2.37. The molecule has 2 N–H and O–H groups in total. The third-order valence-corrected chi connectivity index (χ3v) is 3.39. The summed E-state index contributed by atoms with van der Waals surface area (Å²) in [6.07, 6.45) is 9.28. The number of hydrogen-bond acceptors (Lipinski definition) is 2. The van der Waals surface area contributed by atoms with Crippen molar-refractivity contribution in [1.82, 2.24) is 9.97 Å². The van der Waals surface area contributed by atoms with E-state index in [0.717, 1.165) is 17.7 Å². The average Bonchev–Trinajstić information content (AvgIpc) is 2.78. The van der Waals surface area contributed by atoms with Crippen LogP contribution in [-0.4, -0.2) is 16.0 Å². The molecule has 3 nitrogen and oxygen atoms in total. The molecular formula is C10H15N3. The first-order valence-electron chi connectivity index (χ1n) is 5.18. The third kappa shape index (κ3) is 1.32. The predicted molar refractivity (Wildman–Crippen MR) is 51.4 cm³/mol. The van der Waals surface area contributed by atoms with Gasteiger partial charge in [-0.05, 0) is 37.5 Å². The van der Waals surface area contributed by atoms with E-state index in [1.807, 2.05) is 6.20 Å². The summed E-state index contributed by atoms with van der Waals surface area (Å²) < 4.78 is 0. The van der Waals surface area contributed by atoms with Crippen molar-refractivity contribution in [3.05, 3.63) is 12.5 Å². The zero-order valence-corrected chi connectivity index (χ0v) is 7.66. The molecule has 0 bridgehead atoms. The monoisotopic (exact) mass is 177 g/mol. The van der Waals surface area contributed by atoms with E-state index in [1.54, 1.807) is 6.33 Å². The van der Waals surface area contributed by atoms with Crippen LogP contribution in [0.5, 0.6) is 0 Å². The Morgan fingerprint density at radius 2 is 2.23 bits per heavy atom. The van der Waals surface area contributed by atoms with Gasteiger partial charge < -0.3 is 10.3 Å². The Labute approximate surface area is 78.0 Å². The highest BCUT2D eigenvalue weighted by atomic mass is 15.1. The molecule has 2 saturated carbocycles. The second-order valence-electron chi connectivity index (χ2n) is 4.29. The molecule has 0 aromatic carbocycles. The lowest BCUT2D eigenvalue weighted by atomic mass is 9.76. The molecule has 2 unspecified atom stereocenters. The Morgan fingerprint density at radius 3 is 2.77 bits per heavy atom. The normalized spacial score (nSPS) is 32.6. The molecule has 2 atom stereocenters. The second-order valence-corrected chi connectivity index (χ2v) is 4.29. The first-order chi connectivity index (χ1) is 6.43. The molecule has 1 aromatic rings. The maximum atomic E-state index is 4.00. The molecular weight excluding hydrogens is 162 g/mol. The molecule has 13 heavy (non-hydrogen) atoms. The van der Waals surface area contributed by atoms with Crippen LogP contribution >= 0.6 is 0 Å². The highest BCUT2D eigenvalue weighted by Gasteiger charge is 2.41. The molecule has 0 amide bonds. The summed E-state index contributed by atoms with van der Waals surface area (Å²) in [4.78, 5) is 7.10. The van der Waals surface area contributed by atoms with Gasteiger partial charge in [-0.2, -0.15) is 0 Å². The van der Waals surface area contributed by atoms with Gasteiger partial charge in [0.25, 0.3) is 0 Å². The first-order valence-corrected chi connectivity index (χ1v) is 5.18. The van der Waals surface area contributed by atoms with E-state index in [-0.39, 0.29) is 0 Å². The highest BCUT2D eigenvalue weighted by molar-refractivity contribution is 5.33. The van der Waals surface area contributed by atoms with E-state index < -0.39 is 0 Å². The van der Waals surface area contributed by atoms with Crippen LogP contribution in [-0.2, 0) is 0 Å². The van der Waals surface area contributed by atoms with Crippen LogP contribution in [0.25, 0.3) is 0 Å². The molecule has 2 fully saturated rings. The standard InChI is InChI=1S/C10H15N3/c1-2-7(1)8-3-4-9(8)13-10-5-11-6-12-10/h5-9,13H,1-4H2,(H,11,12). The van der Waals surface area contributed by atoms with Gasteiger partial charge in [-0.1, -0.05) is 0 Å². The molecule has 3 heteroatoms. The smallest absolute Gasteiger partial charge is 0.123 e. The second kappa shape index (κ2) is 2.76. The van der Waals surface area contributed by atoms with Gasteiger partial charge in [-0.3, -0.25) is 0 Å². The van der Waals surface area contributed by atoms with Crippen molar-refractivity contribution in [3.63, 3.8) is 0 Å². The summed E-state index contributed by atoms with van der Waals surface area (Å²) in [5.41, 5.74) is 0. The minimum absolute atomic E-state index is 0.716. The van der Waals surface area contributed by atoms with Gasteiger partial charge in [0.05, 0.1) is 12.5 Å². The van der Waals surface area contributed by atoms with Gasteiger partial charge in [0, 0.05) is 6.04 Å². The zero-order valence-electron chi connectivity index (χ0n) is 7.66. The Hall–Kier alpha value is -0.990. The van der Waals surface area contributed by atoms with Crippen LogP contribution < -0.4 is 5.32 Å². The van der Waals surface area contributed by atoms with Crippen molar-refractivity contribution in [2.24, 2.45) is 11.8 Å². The summed E-state index contributed by atoms with van der Waals surface area (Å²) in [7, 11) is 0. The summed E-state index contributed by atoms with van der Waals surface area (Å²) in [5, 5.41) is 3.51. The van der Waals surface area contributed by atoms with Crippen LogP contribution in [0, 0.1) is 11.8 Å². The fraction of sp³-hybridized carbons (Fsp3) is 0.700. The molecule has 3 rings (SSSR count). The van der Waals surface area contributed by atoms with Gasteiger partial charge in [0.2, 0.25) is 0 Å². The Kier molecular flexibility index (Phi) is 1.57. The van der Waals surface area contributed by atoms with Crippen LogP contribution in [0.3, 0.4) is 0 Å². The number of aromatic amines is 1. The third-order valence-electron chi connectivity index (χ3n) is 3.39. The minimum Gasteiger partial charge on any atom is -0.367 e. The van der Waals surface area contributed by atoms with Crippen LogP contribution in [0.2, 0.25) is 0 Å². The van der Waals surface area contributed by atoms with E-state index in [1.165, 1.54) is 25.7 Å².